The van der Waals surface area contributed by atoms with Gasteiger partial charge in [-0.3, -0.25) is 0 Å². The highest BCUT2D eigenvalue weighted by molar-refractivity contribution is 6.39. The molecule has 0 aliphatic carbocycles. The van der Waals surface area contributed by atoms with Crippen molar-refractivity contribution in [2.24, 2.45) is 0 Å². The predicted octanol–water partition coefficient (Wildman–Crippen LogP) is 6.28. The number of nitrogens with two attached hydrogens (primary N) is 1. The number of nitrogens with zero attached hydrogens (tertiary/aromatic N) is 6. The largest absolute Gasteiger partial charge is 0.444 e. The normalized spacial score (nSPS) is 19.0. The van der Waals surface area contributed by atoms with Crippen LogP contribution in [-0.2, 0) is 4.74 Å². The van der Waals surface area contributed by atoms with Crippen molar-refractivity contribution >= 4 is 47.0 Å². The van der Waals surface area contributed by atoms with Crippen LogP contribution in [0.2, 0.25) is 0 Å². The molecule has 0 bridgehead atoms. The Balaban J connectivity index is 2.26. The van der Waals surface area contributed by atoms with E-state index < -0.39 is 16.7 Å². The van der Waals surface area contributed by atoms with Gasteiger partial charge in [-0.15, -0.1) is 11.6 Å². The summed E-state index contributed by atoms with van der Waals surface area (Å²) in [5.74, 6) is 0.520. The number of alkyl halides is 1. The highest BCUT2D eigenvalue weighted by atomic mass is 35.5. The number of aromatic nitrogens is 4. The lowest BCUT2D eigenvalue weighted by Crippen LogP contribution is -2.59. The highest BCUT2D eigenvalue weighted by Gasteiger charge is 2.37. The Morgan fingerprint density at radius 3 is 2.19 bits per heavy atom. The number of rotatable bonds is 7. The van der Waals surface area contributed by atoms with E-state index in [-0.39, 0.29) is 35.8 Å². The number of anilines is 2. The van der Waals surface area contributed by atoms with Crippen LogP contribution < -0.4 is 16.3 Å². The van der Waals surface area contributed by atoms with Crippen molar-refractivity contribution in [1.29, 1.82) is 0 Å². The number of carbonyl (C=O) groups excluding carboxylic acids is 1. The summed E-state index contributed by atoms with van der Waals surface area (Å²) in [6.45, 7) is 20.1. The fourth-order valence-corrected chi connectivity index (χ4v) is 5.34. The monoisotopic (exact) mass is 621 g/mol. The Labute approximate surface area is 259 Å². The van der Waals surface area contributed by atoms with E-state index in [0.717, 1.165) is 0 Å². The van der Waals surface area contributed by atoms with Crippen molar-refractivity contribution in [3.05, 3.63) is 38.8 Å². The first-order valence-corrected chi connectivity index (χ1v) is 15.3. The molecule has 2 aromatic rings. The minimum Gasteiger partial charge on any atom is -0.444 e. The van der Waals surface area contributed by atoms with Crippen LogP contribution in [0.5, 0.6) is 0 Å². The van der Waals surface area contributed by atoms with Crippen LogP contribution in [0.1, 0.15) is 104 Å². The maximum absolute atomic E-state index is 13.9. The molecule has 232 valence electrons. The van der Waals surface area contributed by atoms with Crippen LogP contribution in [0.25, 0.3) is 11.8 Å². The van der Waals surface area contributed by atoms with Crippen molar-refractivity contribution in [2.75, 3.05) is 23.7 Å². The third kappa shape index (κ3) is 7.19. The number of nitrogen functional groups attached to an aromatic ring is 1. The summed E-state index contributed by atoms with van der Waals surface area (Å²) in [6, 6.07) is -0.440. The van der Waals surface area contributed by atoms with E-state index in [0.29, 0.717) is 53.0 Å². The first-order chi connectivity index (χ1) is 19.5. The molecule has 42 heavy (non-hydrogen) atoms. The van der Waals surface area contributed by atoms with Gasteiger partial charge in [0.15, 0.2) is 0 Å². The van der Waals surface area contributed by atoms with E-state index in [9.17, 15) is 9.59 Å². The third-order valence-electron chi connectivity index (χ3n) is 7.17. The molecule has 2 aromatic heterocycles. The number of amides is 1. The highest BCUT2D eigenvalue weighted by Crippen LogP contribution is 2.35. The van der Waals surface area contributed by atoms with Gasteiger partial charge >= 0.3 is 11.8 Å². The molecule has 2 N–H and O–H groups in total. The van der Waals surface area contributed by atoms with E-state index >= 15 is 0 Å². The summed E-state index contributed by atoms with van der Waals surface area (Å²) in [7, 11) is 0. The average Bonchev–Trinajstić information content (AvgIpc) is 2.89. The molecule has 10 nitrogen and oxygen atoms in total. The van der Waals surface area contributed by atoms with E-state index in [1.54, 1.807) is 11.0 Å². The standard InChI is InChI=1S/C30H45Cl2N7O3/c1-11-21(31)22(32)12-20-26(33)39(25-23(16(2)3)34-15-35-24(25)17(4)5)28(40)36-27(20)37-13-19(7)38(14-18(37)6)29(41)42-30(8,9)10/h12,15-19,21H,11,13-14,33H2,1-10H3/b22-12+/t18-,19+,21?/m0/s1. The smallest absolute Gasteiger partial charge is 0.410 e. The van der Waals surface area contributed by atoms with Crippen LogP contribution in [0.3, 0.4) is 0 Å². The second-order valence-electron chi connectivity index (χ2n) is 12.5. The zero-order valence-electron chi connectivity index (χ0n) is 26.4. The number of hydrogen-bond acceptors (Lipinski definition) is 8. The van der Waals surface area contributed by atoms with Gasteiger partial charge in [0.05, 0.1) is 28.0 Å². The fraction of sp³-hybridized carbons (Fsp3) is 0.633. The Hall–Kier alpha value is -2.85. The van der Waals surface area contributed by atoms with Gasteiger partial charge in [0.25, 0.3) is 0 Å². The molecule has 0 radical (unpaired) electrons. The van der Waals surface area contributed by atoms with Crippen LogP contribution in [-0.4, -0.2) is 66.7 Å². The minimum absolute atomic E-state index is 0.0110. The van der Waals surface area contributed by atoms with Gasteiger partial charge < -0.3 is 20.3 Å². The van der Waals surface area contributed by atoms with E-state index in [4.69, 9.17) is 33.7 Å². The number of allylic oxidation sites excluding steroid dienone is 1. The number of halogens is 2. The Morgan fingerprint density at radius 2 is 1.69 bits per heavy atom. The maximum Gasteiger partial charge on any atom is 0.410 e. The van der Waals surface area contributed by atoms with Gasteiger partial charge in [-0.05, 0) is 59.0 Å². The van der Waals surface area contributed by atoms with Gasteiger partial charge in [0.1, 0.15) is 23.6 Å². The molecular formula is C30H45Cl2N7O3. The molecule has 1 amide bonds. The Morgan fingerprint density at radius 1 is 1.12 bits per heavy atom. The SMILES string of the molecule is CCC(Cl)/C(Cl)=C\c1c(N2C[C@@H](C)N(C(=O)OC(C)(C)C)C[C@@H]2C)nc(=O)n(-c2c(C(C)C)ncnc2C(C)C)c1N. The van der Waals surface area contributed by atoms with Crippen molar-refractivity contribution < 1.29 is 9.53 Å². The molecule has 0 saturated carbocycles. The van der Waals surface area contributed by atoms with Crippen LogP contribution >= 0.6 is 23.2 Å². The predicted molar refractivity (Wildman–Crippen MR) is 171 cm³/mol. The van der Waals surface area contributed by atoms with Crippen molar-refractivity contribution in [3.8, 4) is 5.69 Å². The van der Waals surface area contributed by atoms with Gasteiger partial charge in [0.2, 0.25) is 0 Å². The zero-order chi connectivity index (χ0) is 31.7. The molecule has 1 aliphatic heterocycles. The number of ether oxygens (including phenoxy) is 1. The molecule has 3 heterocycles. The first kappa shape index (κ1) is 33.6. The molecule has 12 heteroatoms. The quantitative estimate of drug-likeness (QED) is 0.358. The first-order valence-electron chi connectivity index (χ1n) is 14.5. The summed E-state index contributed by atoms with van der Waals surface area (Å²) < 4.78 is 7.04. The molecular weight excluding hydrogens is 577 g/mol. The summed E-state index contributed by atoms with van der Waals surface area (Å²) in [4.78, 5) is 44.2. The Kier molecular flexibility index (Phi) is 10.6. The zero-order valence-corrected chi connectivity index (χ0v) is 27.9. The van der Waals surface area contributed by atoms with Crippen molar-refractivity contribution in [2.45, 2.75) is 111 Å². The van der Waals surface area contributed by atoms with Gasteiger partial charge in [0, 0.05) is 30.2 Å². The molecule has 3 rings (SSSR count). The third-order valence-corrected chi connectivity index (χ3v) is 8.20. The lowest BCUT2D eigenvalue weighted by molar-refractivity contribution is 0.0129. The fourth-order valence-electron chi connectivity index (χ4n) is 5.01. The van der Waals surface area contributed by atoms with Gasteiger partial charge in [-0.1, -0.05) is 46.2 Å². The van der Waals surface area contributed by atoms with Crippen LogP contribution in [0, 0.1) is 0 Å². The number of hydrogen-bond donors (Lipinski definition) is 1. The Bertz CT molecular complexity index is 1360. The number of carbonyl (C=O) groups is 1. The molecule has 0 spiro atoms. The van der Waals surface area contributed by atoms with Crippen molar-refractivity contribution in [3.63, 3.8) is 0 Å². The van der Waals surface area contributed by atoms with E-state index in [2.05, 4.69) is 15.0 Å². The molecule has 1 fully saturated rings. The minimum atomic E-state index is -0.616. The summed E-state index contributed by atoms with van der Waals surface area (Å²) in [5.41, 5.74) is 8.10. The van der Waals surface area contributed by atoms with Crippen molar-refractivity contribution in [1.82, 2.24) is 24.4 Å². The average molecular weight is 623 g/mol. The van der Waals surface area contributed by atoms with Gasteiger partial charge in [-0.25, -0.2) is 24.1 Å². The molecule has 1 aliphatic rings. The van der Waals surface area contributed by atoms with Crippen LogP contribution in [0.15, 0.2) is 16.2 Å². The summed E-state index contributed by atoms with van der Waals surface area (Å²) in [5, 5.41) is -0.0677. The molecule has 0 aromatic carbocycles. The molecule has 1 unspecified atom stereocenters. The lowest BCUT2D eigenvalue weighted by Gasteiger charge is -2.45. The second kappa shape index (κ2) is 13.2. The van der Waals surface area contributed by atoms with E-state index in [1.165, 1.54) is 10.9 Å². The number of piperazine rings is 1. The second-order valence-corrected chi connectivity index (χ2v) is 13.5. The maximum atomic E-state index is 13.9. The molecule has 3 atom stereocenters. The van der Waals surface area contributed by atoms with Gasteiger partial charge in [-0.2, -0.15) is 4.98 Å². The summed E-state index contributed by atoms with van der Waals surface area (Å²) >= 11 is 13.2. The summed E-state index contributed by atoms with van der Waals surface area (Å²) in [6.07, 6.45) is 3.43. The molecule has 1 saturated heterocycles. The topological polar surface area (TPSA) is 119 Å². The van der Waals surface area contributed by atoms with Crippen LogP contribution in [0.4, 0.5) is 16.4 Å². The lowest BCUT2D eigenvalue weighted by atomic mass is 10.0. The van der Waals surface area contributed by atoms with E-state index in [1.807, 2.05) is 74.1 Å².